The van der Waals surface area contributed by atoms with Crippen LogP contribution in [-0.4, -0.2) is 56.6 Å². The molecule has 1 aliphatic rings. The van der Waals surface area contributed by atoms with Crippen LogP contribution >= 0.6 is 0 Å². The lowest BCUT2D eigenvalue weighted by Crippen LogP contribution is -2.42. The van der Waals surface area contributed by atoms with E-state index in [2.05, 4.69) is 5.32 Å². The molecule has 10 heteroatoms. The molecule has 0 saturated heterocycles. The number of fused-ring (bicyclic) bond motifs is 1. The number of nitrogens with zero attached hydrogens (tertiary/aromatic N) is 1. The number of carbonyl (C=O) groups excluding carboxylic acids is 5. The Morgan fingerprint density at radius 1 is 0.970 bits per heavy atom. The summed E-state index contributed by atoms with van der Waals surface area (Å²) in [6.07, 6.45) is 0. The third kappa shape index (κ3) is 5.24. The van der Waals surface area contributed by atoms with Gasteiger partial charge in [0.15, 0.2) is 6.61 Å². The highest BCUT2D eigenvalue weighted by molar-refractivity contribution is 6.35. The minimum absolute atomic E-state index is 0.00457. The highest BCUT2D eigenvalue weighted by Gasteiger charge is 2.38. The van der Waals surface area contributed by atoms with Crippen LogP contribution in [0.2, 0.25) is 0 Å². The predicted molar refractivity (Wildman–Crippen MR) is 117 cm³/mol. The summed E-state index contributed by atoms with van der Waals surface area (Å²) in [7, 11) is 1.47. The van der Waals surface area contributed by atoms with Crippen molar-refractivity contribution in [1.29, 1.82) is 0 Å². The van der Waals surface area contributed by atoms with Gasteiger partial charge in [0.2, 0.25) is 0 Å². The fourth-order valence-electron chi connectivity index (χ4n) is 3.23. The number of ether oxygens (including phenoxy) is 2. The first kappa shape index (κ1) is 23.6. The zero-order valence-corrected chi connectivity index (χ0v) is 18.4. The number of amides is 5. The molecule has 33 heavy (non-hydrogen) atoms. The van der Waals surface area contributed by atoms with Crippen LogP contribution in [0.1, 0.15) is 42.2 Å². The third-order valence-electron chi connectivity index (χ3n) is 4.91. The minimum Gasteiger partial charge on any atom is -0.452 e. The van der Waals surface area contributed by atoms with Crippen molar-refractivity contribution in [2.45, 2.75) is 13.8 Å². The topological polar surface area (TPSA) is 131 Å². The second-order valence-corrected chi connectivity index (χ2v) is 7.37. The summed E-state index contributed by atoms with van der Waals surface area (Å²) in [5.41, 5.74) is 2.36. The van der Waals surface area contributed by atoms with Crippen molar-refractivity contribution in [3.8, 4) is 0 Å². The number of nitrogens with one attached hydrogen (secondary N) is 2. The van der Waals surface area contributed by atoms with Crippen LogP contribution in [-0.2, 0) is 14.3 Å². The van der Waals surface area contributed by atoms with Crippen molar-refractivity contribution in [3.05, 3.63) is 64.2 Å². The van der Waals surface area contributed by atoms with Crippen molar-refractivity contribution in [2.75, 3.05) is 31.8 Å². The van der Waals surface area contributed by atoms with Crippen molar-refractivity contribution in [1.82, 2.24) is 10.6 Å². The molecule has 0 aromatic heterocycles. The van der Waals surface area contributed by atoms with E-state index in [-0.39, 0.29) is 29.8 Å². The second kappa shape index (κ2) is 10.0. The maximum atomic E-state index is 13.0. The number of carbonyl (C=O) groups is 5. The van der Waals surface area contributed by atoms with Gasteiger partial charge in [-0.25, -0.2) is 14.5 Å². The molecule has 0 spiro atoms. The lowest BCUT2D eigenvalue weighted by Gasteiger charge is -2.17. The van der Waals surface area contributed by atoms with Gasteiger partial charge in [0.25, 0.3) is 17.7 Å². The van der Waals surface area contributed by atoms with Gasteiger partial charge in [-0.2, -0.15) is 0 Å². The molecule has 3 rings (SSSR count). The fraction of sp³-hybridized carbons (Fsp3) is 0.261. The summed E-state index contributed by atoms with van der Waals surface area (Å²) >= 11 is 0. The van der Waals surface area contributed by atoms with E-state index in [1.165, 1.54) is 25.3 Å². The lowest BCUT2D eigenvalue weighted by atomic mass is 10.1. The Hall–Kier alpha value is -4.05. The Bertz CT molecular complexity index is 1140. The van der Waals surface area contributed by atoms with Gasteiger partial charge in [-0.1, -0.05) is 12.1 Å². The molecule has 0 aliphatic carbocycles. The molecule has 1 aliphatic heterocycles. The summed E-state index contributed by atoms with van der Waals surface area (Å²) in [6.45, 7) is 3.43. The van der Waals surface area contributed by atoms with Crippen LogP contribution in [0.4, 0.5) is 10.5 Å². The van der Waals surface area contributed by atoms with Gasteiger partial charge in [-0.05, 0) is 49.2 Å². The molecule has 0 saturated carbocycles. The number of esters is 1. The molecule has 2 aromatic rings. The number of hydrogen-bond donors (Lipinski definition) is 2. The van der Waals surface area contributed by atoms with Gasteiger partial charge in [0.1, 0.15) is 0 Å². The van der Waals surface area contributed by atoms with E-state index in [1.807, 2.05) is 24.4 Å². The third-order valence-corrected chi connectivity index (χ3v) is 4.91. The van der Waals surface area contributed by atoms with Gasteiger partial charge >= 0.3 is 12.0 Å². The molecule has 2 N–H and O–H groups in total. The van der Waals surface area contributed by atoms with Crippen LogP contribution in [0, 0.1) is 13.8 Å². The maximum absolute atomic E-state index is 13.0. The summed E-state index contributed by atoms with van der Waals surface area (Å²) in [4.78, 5) is 62.6. The monoisotopic (exact) mass is 453 g/mol. The molecule has 172 valence electrons. The number of rotatable bonds is 7. The van der Waals surface area contributed by atoms with Crippen LogP contribution in [0.3, 0.4) is 0 Å². The SMILES string of the molecule is COCCNC(=O)NC(=O)COC(=O)c1ccc2c(c1)C(=O)N(c1cc(C)ccc1C)C2=O. The summed E-state index contributed by atoms with van der Waals surface area (Å²) < 4.78 is 9.69. The zero-order valence-electron chi connectivity index (χ0n) is 18.4. The van der Waals surface area contributed by atoms with Gasteiger partial charge in [-0.15, -0.1) is 0 Å². The molecule has 10 nitrogen and oxygen atoms in total. The number of hydrogen-bond acceptors (Lipinski definition) is 7. The fourth-order valence-corrected chi connectivity index (χ4v) is 3.23. The van der Waals surface area contributed by atoms with Crippen LogP contribution in [0.5, 0.6) is 0 Å². The number of imide groups is 2. The molecular formula is C23H23N3O7. The van der Waals surface area contributed by atoms with E-state index in [0.717, 1.165) is 16.0 Å². The van der Waals surface area contributed by atoms with E-state index in [1.54, 1.807) is 13.0 Å². The van der Waals surface area contributed by atoms with Crippen molar-refractivity contribution in [3.63, 3.8) is 0 Å². The van der Waals surface area contributed by atoms with Gasteiger partial charge < -0.3 is 14.8 Å². The van der Waals surface area contributed by atoms with Crippen LogP contribution in [0.25, 0.3) is 0 Å². The highest BCUT2D eigenvalue weighted by Crippen LogP contribution is 2.31. The number of methoxy groups -OCH3 is 1. The molecule has 0 radical (unpaired) electrons. The maximum Gasteiger partial charge on any atom is 0.338 e. The first-order valence-corrected chi connectivity index (χ1v) is 10.1. The zero-order chi connectivity index (χ0) is 24.1. The Kier molecular flexibility index (Phi) is 7.19. The molecule has 1 heterocycles. The number of anilines is 1. The molecule has 2 aromatic carbocycles. The smallest absolute Gasteiger partial charge is 0.338 e. The van der Waals surface area contributed by atoms with Gasteiger partial charge in [-0.3, -0.25) is 19.7 Å². The largest absolute Gasteiger partial charge is 0.452 e. The normalized spacial score (nSPS) is 12.4. The summed E-state index contributed by atoms with van der Waals surface area (Å²) in [5.74, 6) is -2.74. The second-order valence-electron chi connectivity index (χ2n) is 7.37. The molecular weight excluding hydrogens is 430 g/mol. The van der Waals surface area contributed by atoms with Crippen molar-refractivity contribution >= 4 is 35.4 Å². The summed E-state index contributed by atoms with van der Waals surface area (Å²) in [5, 5.41) is 4.39. The van der Waals surface area contributed by atoms with E-state index < -0.39 is 36.3 Å². The predicted octanol–water partition coefficient (Wildman–Crippen LogP) is 1.73. The number of urea groups is 1. The Morgan fingerprint density at radius 2 is 1.70 bits per heavy atom. The standard InChI is InChI=1S/C23H23N3O7/c1-13-4-5-14(2)18(10-13)26-20(28)16-7-6-15(11-17(16)21(26)29)22(30)33-12-19(27)25-23(31)24-8-9-32-3/h4-7,10-11H,8-9,12H2,1-3H3,(H2,24,25,27,31). The first-order valence-electron chi connectivity index (χ1n) is 10.1. The average molecular weight is 453 g/mol. The van der Waals surface area contributed by atoms with Crippen molar-refractivity contribution in [2.24, 2.45) is 0 Å². The Labute approximate surface area is 189 Å². The Morgan fingerprint density at radius 3 is 2.42 bits per heavy atom. The highest BCUT2D eigenvalue weighted by atomic mass is 16.5. The number of aryl methyl sites for hydroxylation is 2. The molecule has 0 atom stereocenters. The quantitative estimate of drug-likeness (QED) is 0.371. The molecule has 0 fully saturated rings. The number of benzene rings is 2. The van der Waals surface area contributed by atoms with Crippen LogP contribution in [0.15, 0.2) is 36.4 Å². The summed E-state index contributed by atoms with van der Waals surface area (Å²) in [6, 6.07) is 8.68. The van der Waals surface area contributed by atoms with Gasteiger partial charge in [0, 0.05) is 13.7 Å². The van der Waals surface area contributed by atoms with Crippen molar-refractivity contribution < 1.29 is 33.4 Å². The van der Waals surface area contributed by atoms with Crippen LogP contribution < -0.4 is 15.5 Å². The lowest BCUT2D eigenvalue weighted by molar-refractivity contribution is -0.123. The van der Waals surface area contributed by atoms with E-state index in [9.17, 15) is 24.0 Å². The average Bonchev–Trinajstić information content (AvgIpc) is 3.03. The first-order chi connectivity index (χ1) is 15.7. The van der Waals surface area contributed by atoms with Gasteiger partial charge in [0.05, 0.1) is 29.0 Å². The molecule has 0 unspecified atom stereocenters. The van der Waals surface area contributed by atoms with E-state index >= 15 is 0 Å². The van der Waals surface area contributed by atoms with E-state index in [0.29, 0.717) is 5.69 Å². The molecule has 0 bridgehead atoms. The minimum atomic E-state index is -0.877. The van der Waals surface area contributed by atoms with E-state index in [4.69, 9.17) is 9.47 Å². The Balaban J connectivity index is 1.67. The molecule has 5 amide bonds.